The molecule has 2 aromatic rings. The minimum atomic E-state index is -0.183. The Balaban J connectivity index is 1.93. The maximum atomic E-state index is 9.16. The average Bonchev–Trinajstić information content (AvgIpc) is 2.63. The number of hydrogen-bond acceptors (Lipinski definition) is 3. The summed E-state index contributed by atoms with van der Waals surface area (Å²) in [6, 6.07) is 18.9. The highest BCUT2D eigenvalue weighted by molar-refractivity contribution is 6.30. The Morgan fingerprint density at radius 2 is 1.50 bits per heavy atom. The van der Waals surface area contributed by atoms with Crippen molar-refractivity contribution in [3.05, 3.63) is 70.7 Å². The highest BCUT2D eigenvalue weighted by Gasteiger charge is 2.37. The summed E-state index contributed by atoms with van der Waals surface area (Å²) < 4.78 is 0. The zero-order valence-corrected chi connectivity index (χ0v) is 14.9. The first kappa shape index (κ1) is 17.4. The Labute approximate surface area is 149 Å². The van der Waals surface area contributed by atoms with Gasteiger partial charge in [-0.25, -0.2) is 0 Å². The molecule has 1 fully saturated rings. The molecule has 1 N–H and O–H groups in total. The number of aliphatic hydroxyl groups excluding tert-OH is 1. The molecule has 0 aromatic heterocycles. The first-order valence-electron chi connectivity index (χ1n) is 8.54. The molecule has 0 unspecified atom stereocenters. The number of nitrogens with zero attached hydrogens (tertiary/aromatic N) is 2. The van der Waals surface area contributed by atoms with Crippen molar-refractivity contribution in [3.63, 3.8) is 0 Å². The molecule has 1 aliphatic heterocycles. The number of piperazine rings is 1. The topological polar surface area (TPSA) is 26.7 Å². The number of halogens is 1. The second kappa shape index (κ2) is 7.66. The SMILES string of the molecule is C[C@](c1ccccc1)(c1ccc(Cl)cc1)N1CCN(CCO)CC1. The van der Waals surface area contributed by atoms with Crippen molar-refractivity contribution in [3.8, 4) is 0 Å². The van der Waals surface area contributed by atoms with Gasteiger partial charge in [-0.3, -0.25) is 9.80 Å². The Kier molecular flexibility index (Phi) is 5.57. The van der Waals surface area contributed by atoms with Crippen molar-refractivity contribution < 1.29 is 5.11 Å². The van der Waals surface area contributed by atoms with Gasteiger partial charge in [-0.1, -0.05) is 54.1 Å². The number of hydrogen-bond donors (Lipinski definition) is 1. The van der Waals surface area contributed by atoms with E-state index in [-0.39, 0.29) is 12.1 Å². The number of aliphatic hydroxyl groups is 1. The van der Waals surface area contributed by atoms with Crippen molar-refractivity contribution in [2.75, 3.05) is 39.3 Å². The van der Waals surface area contributed by atoms with E-state index in [0.717, 1.165) is 37.7 Å². The normalized spacial score (nSPS) is 19.1. The summed E-state index contributed by atoms with van der Waals surface area (Å²) in [6.45, 7) is 7.21. The van der Waals surface area contributed by atoms with Gasteiger partial charge in [0, 0.05) is 37.7 Å². The van der Waals surface area contributed by atoms with Crippen LogP contribution >= 0.6 is 11.6 Å². The smallest absolute Gasteiger partial charge is 0.0687 e. The average molecular weight is 345 g/mol. The van der Waals surface area contributed by atoms with E-state index in [4.69, 9.17) is 16.7 Å². The molecule has 0 aliphatic carbocycles. The highest BCUT2D eigenvalue weighted by Crippen LogP contribution is 2.36. The van der Waals surface area contributed by atoms with Crippen LogP contribution in [0.5, 0.6) is 0 Å². The summed E-state index contributed by atoms with van der Waals surface area (Å²) in [5, 5.41) is 9.92. The maximum Gasteiger partial charge on any atom is 0.0687 e. The van der Waals surface area contributed by atoms with E-state index in [1.54, 1.807) is 0 Å². The van der Waals surface area contributed by atoms with Gasteiger partial charge in [0.15, 0.2) is 0 Å². The van der Waals surface area contributed by atoms with Crippen molar-refractivity contribution in [2.24, 2.45) is 0 Å². The van der Waals surface area contributed by atoms with Gasteiger partial charge < -0.3 is 5.11 Å². The fraction of sp³-hybridized carbons (Fsp3) is 0.400. The molecule has 128 valence electrons. The van der Waals surface area contributed by atoms with E-state index >= 15 is 0 Å². The first-order chi connectivity index (χ1) is 11.6. The number of β-amino-alcohol motifs (C(OH)–C–C–N with tert-alkyl or cyclic N) is 1. The number of rotatable bonds is 5. The molecule has 3 nitrogen and oxygen atoms in total. The zero-order chi connectivity index (χ0) is 17.0. The van der Waals surface area contributed by atoms with Crippen LogP contribution in [0.2, 0.25) is 5.02 Å². The summed E-state index contributed by atoms with van der Waals surface area (Å²) in [7, 11) is 0. The minimum absolute atomic E-state index is 0.183. The van der Waals surface area contributed by atoms with Crippen LogP contribution in [-0.4, -0.2) is 54.2 Å². The van der Waals surface area contributed by atoms with Crippen molar-refractivity contribution in [1.82, 2.24) is 9.80 Å². The molecule has 0 amide bonds. The molecule has 24 heavy (non-hydrogen) atoms. The van der Waals surface area contributed by atoms with E-state index in [2.05, 4.69) is 59.2 Å². The molecule has 0 saturated carbocycles. The quantitative estimate of drug-likeness (QED) is 0.902. The Morgan fingerprint density at radius 3 is 2.08 bits per heavy atom. The summed E-state index contributed by atoms with van der Waals surface area (Å²) in [5.41, 5.74) is 2.37. The van der Waals surface area contributed by atoms with E-state index < -0.39 is 0 Å². The maximum absolute atomic E-state index is 9.16. The first-order valence-corrected chi connectivity index (χ1v) is 8.92. The molecule has 1 heterocycles. The fourth-order valence-corrected chi connectivity index (χ4v) is 3.76. The van der Waals surface area contributed by atoms with E-state index in [1.807, 2.05) is 12.1 Å². The van der Waals surface area contributed by atoms with Crippen LogP contribution in [0.4, 0.5) is 0 Å². The second-order valence-corrected chi connectivity index (χ2v) is 6.93. The summed E-state index contributed by atoms with van der Waals surface area (Å²) in [5.74, 6) is 0. The van der Waals surface area contributed by atoms with E-state index in [0.29, 0.717) is 0 Å². The summed E-state index contributed by atoms with van der Waals surface area (Å²) >= 11 is 6.10. The molecular formula is C20H25ClN2O. The Bertz CT molecular complexity index is 638. The van der Waals surface area contributed by atoms with Crippen LogP contribution < -0.4 is 0 Å². The summed E-state index contributed by atoms with van der Waals surface area (Å²) in [4.78, 5) is 4.86. The third kappa shape index (κ3) is 3.50. The second-order valence-electron chi connectivity index (χ2n) is 6.50. The lowest BCUT2D eigenvalue weighted by Crippen LogP contribution is -2.55. The largest absolute Gasteiger partial charge is 0.395 e. The fourth-order valence-electron chi connectivity index (χ4n) is 3.63. The third-order valence-electron chi connectivity index (χ3n) is 5.16. The van der Waals surface area contributed by atoms with Crippen LogP contribution in [0.25, 0.3) is 0 Å². The standard InChI is InChI=1S/C20H25ClN2O/c1-20(17-5-3-2-4-6-17,18-7-9-19(21)10-8-18)23-13-11-22(12-14-23)15-16-24/h2-10,24H,11-16H2,1H3/t20-/m0/s1. The van der Waals surface area contributed by atoms with Gasteiger partial charge in [-0.05, 0) is 30.2 Å². The molecular weight excluding hydrogens is 320 g/mol. The predicted octanol–water partition coefficient (Wildman–Crippen LogP) is 3.21. The van der Waals surface area contributed by atoms with Crippen LogP contribution in [0, 0.1) is 0 Å². The molecule has 1 atom stereocenters. The van der Waals surface area contributed by atoms with Gasteiger partial charge in [0.05, 0.1) is 12.1 Å². The van der Waals surface area contributed by atoms with Gasteiger partial charge >= 0.3 is 0 Å². The molecule has 1 aliphatic rings. The van der Waals surface area contributed by atoms with Crippen molar-refractivity contribution in [1.29, 1.82) is 0 Å². The minimum Gasteiger partial charge on any atom is -0.395 e. The zero-order valence-electron chi connectivity index (χ0n) is 14.2. The van der Waals surface area contributed by atoms with Crippen LogP contribution in [-0.2, 0) is 5.54 Å². The van der Waals surface area contributed by atoms with Gasteiger partial charge in [0.25, 0.3) is 0 Å². The third-order valence-corrected chi connectivity index (χ3v) is 5.42. The lowest BCUT2D eigenvalue weighted by atomic mass is 9.82. The lowest BCUT2D eigenvalue weighted by Gasteiger charge is -2.46. The van der Waals surface area contributed by atoms with Gasteiger partial charge in [0.2, 0.25) is 0 Å². The monoisotopic (exact) mass is 344 g/mol. The molecule has 0 spiro atoms. The molecule has 4 heteroatoms. The molecule has 0 radical (unpaired) electrons. The number of benzene rings is 2. The van der Waals surface area contributed by atoms with Crippen molar-refractivity contribution >= 4 is 11.6 Å². The van der Waals surface area contributed by atoms with E-state index in [9.17, 15) is 0 Å². The van der Waals surface area contributed by atoms with E-state index in [1.165, 1.54) is 11.1 Å². The molecule has 0 bridgehead atoms. The highest BCUT2D eigenvalue weighted by atomic mass is 35.5. The Morgan fingerprint density at radius 1 is 0.917 bits per heavy atom. The van der Waals surface area contributed by atoms with Crippen molar-refractivity contribution in [2.45, 2.75) is 12.5 Å². The van der Waals surface area contributed by atoms with Crippen LogP contribution in [0.15, 0.2) is 54.6 Å². The van der Waals surface area contributed by atoms with Crippen LogP contribution in [0.3, 0.4) is 0 Å². The molecule has 2 aromatic carbocycles. The Hall–Kier alpha value is -1.39. The van der Waals surface area contributed by atoms with Crippen LogP contribution in [0.1, 0.15) is 18.1 Å². The molecule has 1 saturated heterocycles. The molecule has 3 rings (SSSR count). The van der Waals surface area contributed by atoms with Gasteiger partial charge in [-0.15, -0.1) is 0 Å². The summed E-state index contributed by atoms with van der Waals surface area (Å²) in [6.07, 6.45) is 0. The van der Waals surface area contributed by atoms with Gasteiger partial charge in [0.1, 0.15) is 0 Å². The van der Waals surface area contributed by atoms with Gasteiger partial charge in [-0.2, -0.15) is 0 Å². The lowest BCUT2D eigenvalue weighted by molar-refractivity contribution is 0.0545. The predicted molar refractivity (Wildman–Crippen MR) is 99.4 cm³/mol.